The Kier molecular flexibility index (Phi) is 4.80. The van der Waals surface area contributed by atoms with Crippen LogP contribution in [0.15, 0.2) is 24.3 Å². The van der Waals surface area contributed by atoms with E-state index >= 15 is 0 Å². The molecule has 3 rings (SSSR count). The van der Waals surface area contributed by atoms with Crippen molar-refractivity contribution in [3.05, 3.63) is 30.1 Å². The average Bonchev–Trinajstić information content (AvgIpc) is 3.16. The number of aromatic nitrogens is 3. The predicted molar refractivity (Wildman–Crippen MR) is 91.6 cm³/mol. The fraction of sp³-hybridized carbons (Fsp3) is 0.471. The molecule has 0 aliphatic heterocycles. The van der Waals surface area contributed by atoms with Gasteiger partial charge in [0.25, 0.3) is 0 Å². The smallest absolute Gasteiger partial charge is 0.321 e. The lowest BCUT2D eigenvalue weighted by atomic mass is 10.1. The lowest BCUT2D eigenvalue weighted by Gasteiger charge is -2.23. The molecule has 1 heterocycles. The van der Waals surface area contributed by atoms with Gasteiger partial charge in [-0.2, -0.15) is 5.10 Å². The normalized spacial score (nSPS) is 20.1. The van der Waals surface area contributed by atoms with Gasteiger partial charge in [0.2, 0.25) is 0 Å². The van der Waals surface area contributed by atoms with Crippen LogP contribution in [-0.2, 0) is 0 Å². The molecule has 3 N–H and O–H groups in total. The van der Waals surface area contributed by atoms with Gasteiger partial charge in [0.1, 0.15) is 5.82 Å². The predicted octanol–water partition coefficient (Wildman–Crippen LogP) is 2.40. The number of aliphatic hydroxyl groups is 1. The van der Waals surface area contributed by atoms with E-state index < -0.39 is 0 Å². The quantitative estimate of drug-likeness (QED) is 0.803. The molecule has 1 aromatic heterocycles. The number of aryl methyl sites for hydroxylation is 1. The molecule has 2 aromatic rings. The molecule has 2 atom stereocenters. The van der Waals surface area contributed by atoms with Gasteiger partial charge in [-0.1, -0.05) is 18.6 Å². The Labute approximate surface area is 141 Å². The number of amides is 2. The van der Waals surface area contributed by atoms with E-state index in [-0.39, 0.29) is 18.1 Å². The number of carbonyl (C=O) groups is 1. The number of anilines is 1. The highest BCUT2D eigenvalue weighted by Crippen LogP contribution is 2.26. The average molecular weight is 329 g/mol. The second-order valence-corrected chi connectivity index (χ2v) is 6.39. The van der Waals surface area contributed by atoms with Crippen LogP contribution in [0.2, 0.25) is 0 Å². The fourth-order valence-electron chi connectivity index (χ4n) is 3.09. The molecule has 1 aliphatic carbocycles. The summed E-state index contributed by atoms with van der Waals surface area (Å²) >= 11 is 0. The SMILES string of the molecule is Cc1nc(-c2cccc(NC(=O)N(C)CC3CCCC3O)c2)n[nH]1. The van der Waals surface area contributed by atoms with Gasteiger partial charge in [0.15, 0.2) is 5.82 Å². The van der Waals surface area contributed by atoms with Gasteiger partial charge >= 0.3 is 6.03 Å². The van der Waals surface area contributed by atoms with Gasteiger partial charge < -0.3 is 15.3 Å². The molecule has 0 spiro atoms. The van der Waals surface area contributed by atoms with Crippen molar-refractivity contribution in [2.45, 2.75) is 32.3 Å². The van der Waals surface area contributed by atoms with Crippen molar-refractivity contribution in [2.75, 3.05) is 18.9 Å². The van der Waals surface area contributed by atoms with Gasteiger partial charge in [-0.05, 0) is 31.9 Å². The van der Waals surface area contributed by atoms with Crippen molar-refractivity contribution in [3.63, 3.8) is 0 Å². The number of benzene rings is 1. The van der Waals surface area contributed by atoms with E-state index in [4.69, 9.17) is 0 Å². The van der Waals surface area contributed by atoms with Gasteiger partial charge in [-0.25, -0.2) is 9.78 Å². The van der Waals surface area contributed by atoms with Crippen LogP contribution >= 0.6 is 0 Å². The second kappa shape index (κ2) is 7.00. The van der Waals surface area contributed by atoms with Crippen molar-refractivity contribution in [3.8, 4) is 11.4 Å². The topological polar surface area (TPSA) is 94.1 Å². The number of nitrogens with one attached hydrogen (secondary N) is 2. The van der Waals surface area contributed by atoms with Crippen LogP contribution in [-0.4, -0.2) is 50.9 Å². The molecule has 7 nitrogen and oxygen atoms in total. The number of hydrogen-bond acceptors (Lipinski definition) is 4. The standard InChI is InChI=1S/C17H23N5O2/c1-11-18-16(21-20-11)12-5-3-7-14(9-12)19-17(24)22(2)10-13-6-4-8-15(13)23/h3,5,7,9,13,15,23H,4,6,8,10H2,1-2H3,(H,19,24)(H,18,20,21). The number of urea groups is 1. The molecule has 1 saturated carbocycles. The summed E-state index contributed by atoms with van der Waals surface area (Å²) in [5.41, 5.74) is 1.53. The molecule has 24 heavy (non-hydrogen) atoms. The molecule has 0 saturated heterocycles. The molecule has 0 radical (unpaired) electrons. The molecule has 7 heteroatoms. The van der Waals surface area contributed by atoms with E-state index in [2.05, 4.69) is 20.5 Å². The zero-order chi connectivity index (χ0) is 17.1. The maximum atomic E-state index is 12.4. The van der Waals surface area contributed by atoms with E-state index in [9.17, 15) is 9.90 Å². The number of hydrogen-bond donors (Lipinski definition) is 3. The number of nitrogens with zero attached hydrogens (tertiary/aromatic N) is 3. The summed E-state index contributed by atoms with van der Waals surface area (Å²) in [7, 11) is 1.75. The van der Waals surface area contributed by atoms with Gasteiger partial charge in [0.05, 0.1) is 6.10 Å². The first kappa shape index (κ1) is 16.4. The number of carbonyl (C=O) groups excluding carboxylic acids is 1. The number of aromatic amines is 1. The van der Waals surface area contributed by atoms with E-state index in [1.54, 1.807) is 11.9 Å². The van der Waals surface area contributed by atoms with Gasteiger partial charge in [0, 0.05) is 30.8 Å². The summed E-state index contributed by atoms with van der Waals surface area (Å²) in [5, 5.41) is 19.7. The van der Waals surface area contributed by atoms with Crippen molar-refractivity contribution in [2.24, 2.45) is 5.92 Å². The van der Waals surface area contributed by atoms with Gasteiger partial charge in [-0.15, -0.1) is 0 Å². The summed E-state index contributed by atoms with van der Waals surface area (Å²) in [6, 6.07) is 7.25. The van der Waals surface area contributed by atoms with Crippen LogP contribution in [0.3, 0.4) is 0 Å². The summed E-state index contributed by atoms with van der Waals surface area (Å²) in [6.45, 7) is 2.40. The number of H-pyrrole nitrogens is 1. The highest BCUT2D eigenvalue weighted by molar-refractivity contribution is 5.89. The minimum Gasteiger partial charge on any atom is -0.393 e. The summed E-state index contributed by atoms with van der Waals surface area (Å²) < 4.78 is 0. The highest BCUT2D eigenvalue weighted by atomic mass is 16.3. The molecule has 128 valence electrons. The first-order chi connectivity index (χ1) is 11.5. The Morgan fingerprint density at radius 2 is 2.29 bits per heavy atom. The van der Waals surface area contributed by atoms with Crippen molar-refractivity contribution in [1.29, 1.82) is 0 Å². The molecular weight excluding hydrogens is 306 g/mol. The Hall–Kier alpha value is -2.41. The first-order valence-electron chi connectivity index (χ1n) is 8.22. The second-order valence-electron chi connectivity index (χ2n) is 6.39. The van der Waals surface area contributed by atoms with E-state index in [0.29, 0.717) is 18.1 Å². The number of aliphatic hydroxyl groups excluding tert-OH is 1. The zero-order valence-electron chi connectivity index (χ0n) is 14.0. The lowest BCUT2D eigenvalue weighted by Crippen LogP contribution is -2.37. The summed E-state index contributed by atoms with van der Waals surface area (Å²) in [6.07, 6.45) is 2.54. The maximum Gasteiger partial charge on any atom is 0.321 e. The summed E-state index contributed by atoms with van der Waals surface area (Å²) in [4.78, 5) is 18.3. The summed E-state index contributed by atoms with van der Waals surface area (Å²) in [5.74, 6) is 1.52. The third-order valence-electron chi connectivity index (χ3n) is 4.44. The van der Waals surface area contributed by atoms with Crippen LogP contribution in [0.5, 0.6) is 0 Å². The molecule has 1 fully saturated rings. The van der Waals surface area contributed by atoms with Crippen molar-refractivity contribution >= 4 is 11.7 Å². The minimum absolute atomic E-state index is 0.170. The van der Waals surface area contributed by atoms with E-state index in [0.717, 1.165) is 30.7 Å². The van der Waals surface area contributed by atoms with Crippen LogP contribution in [0.4, 0.5) is 10.5 Å². The molecule has 2 unspecified atom stereocenters. The fourth-order valence-corrected chi connectivity index (χ4v) is 3.09. The molecular formula is C17H23N5O2. The van der Waals surface area contributed by atoms with Crippen molar-refractivity contribution in [1.82, 2.24) is 20.1 Å². The zero-order valence-corrected chi connectivity index (χ0v) is 14.0. The van der Waals surface area contributed by atoms with Crippen LogP contribution in [0.1, 0.15) is 25.1 Å². The Bertz CT molecular complexity index is 715. The monoisotopic (exact) mass is 329 g/mol. The number of rotatable bonds is 4. The third-order valence-corrected chi connectivity index (χ3v) is 4.44. The van der Waals surface area contributed by atoms with E-state index in [1.165, 1.54) is 0 Å². The largest absolute Gasteiger partial charge is 0.393 e. The Morgan fingerprint density at radius 3 is 2.96 bits per heavy atom. The van der Waals surface area contributed by atoms with Gasteiger partial charge in [-0.3, -0.25) is 5.10 Å². The highest BCUT2D eigenvalue weighted by Gasteiger charge is 2.27. The van der Waals surface area contributed by atoms with Crippen LogP contribution < -0.4 is 5.32 Å². The first-order valence-corrected chi connectivity index (χ1v) is 8.22. The molecule has 0 bridgehead atoms. The third kappa shape index (κ3) is 3.73. The molecule has 2 amide bonds. The maximum absolute atomic E-state index is 12.4. The van der Waals surface area contributed by atoms with Crippen LogP contribution in [0, 0.1) is 12.8 Å². The minimum atomic E-state index is -0.294. The van der Waals surface area contributed by atoms with Crippen molar-refractivity contribution < 1.29 is 9.90 Å². The van der Waals surface area contributed by atoms with Crippen LogP contribution in [0.25, 0.3) is 11.4 Å². The Morgan fingerprint density at radius 1 is 1.46 bits per heavy atom. The van der Waals surface area contributed by atoms with E-state index in [1.807, 2.05) is 31.2 Å². The lowest BCUT2D eigenvalue weighted by molar-refractivity contribution is 0.116. The Balaban J connectivity index is 1.63. The molecule has 1 aliphatic rings. The molecule has 1 aromatic carbocycles.